The number of carbonyl (C=O) groups excluding carboxylic acids is 1. The summed E-state index contributed by atoms with van der Waals surface area (Å²) < 4.78 is 1.92. The highest BCUT2D eigenvalue weighted by Gasteiger charge is 2.14. The van der Waals surface area contributed by atoms with Gasteiger partial charge in [-0.2, -0.15) is 5.26 Å². The monoisotopic (exact) mass is 400 g/mol. The van der Waals surface area contributed by atoms with Crippen LogP contribution in [0.2, 0.25) is 0 Å². The number of nitro groups is 1. The molecule has 0 atom stereocenters. The predicted molar refractivity (Wildman–Crippen MR) is 114 cm³/mol. The summed E-state index contributed by atoms with van der Waals surface area (Å²) in [7, 11) is 0. The van der Waals surface area contributed by atoms with Crippen LogP contribution < -0.4 is 5.32 Å². The quantitative estimate of drug-likeness (QED) is 0.290. The maximum atomic E-state index is 12.5. The van der Waals surface area contributed by atoms with Gasteiger partial charge in [0, 0.05) is 35.8 Å². The van der Waals surface area contributed by atoms with Crippen LogP contribution in [-0.2, 0) is 11.3 Å². The number of non-ortho nitro benzene ring substituents is 1. The SMILES string of the molecule is Cc1cc(/C=C(/C#N)C(=O)NCc2ccccc2)c(C)n1-c1ccc([N+](=O)[O-])cc1. The number of nitriles is 1. The fourth-order valence-corrected chi connectivity index (χ4v) is 3.23. The molecular formula is C23H20N4O3. The summed E-state index contributed by atoms with van der Waals surface area (Å²) in [6, 6.07) is 19.5. The molecule has 1 heterocycles. The second-order valence-electron chi connectivity index (χ2n) is 6.77. The molecular weight excluding hydrogens is 380 g/mol. The number of rotatable bonds is 6. The first kappa shape index (κ1) is 20.6. The van der Waals surface area contributed by atoms with Gasteiger partial charge in [-0.05, 0) is 49.2 Å². The normalized spacial score (nSPS) is 11.0. The summed E-state index contributed by atoms with van der Waals surface area (Å²) in [6.07, 6.45) is 1.56. The zero-order chi connectivity index (χ0) is 21.7. The van der Waals surface area contributed by atoms with Crippen molar-refractivity contribution in [1.29, 1.82) is 5.26 Å². The predicted octanol–water partition coefficient (Wildman–Crippen LogP) is 4.23. The molecule has 30 heavy (non-hydrogen) atoms. The standard InChI is InChI=1S/C23H20N4O3/c1-16-12-19(17(2)26(16)21-8-10-22(11-9-21)27(29)30)13-20(14-24)23(28)25-15-18-6-4-3-5-7-18/h3-13H,15H2,1-2H3,(H,25,28)/b20-13-. The van der Waals surface area contributed by atoms with Crippen molar-refractivity contribution < 1.29 is 9.72 Å². The summed E-state index contributed by atoms with van der Waals surface area (Å²) in [5, 5.41) is 23.1. The number of nitrogens with zero attached hydrogens (tertiary/aromatic N) is 3. The van der Waals surface area contributed by atoms with Crippen molar-refractivity contribution in [3.05, 3.63) is 98.9 Å². The fraction of sp³-hybridized carbons (Fsp3) is 0.130. The van der Waals surface area contributed by atoms with Crippen LogP contribution in [0.3, 0.4) is 0 Å². The number of hydrogen-bond donors (Lipinski definition) is 1. The molecule has 0 aliphatic rings. The Hall–Kier alpha value is -4.18. The number of amides is 1. The summed E-state index contributed by atoms with van der Waals surface area (Å²) in [5.74, 6) is -0.443. The van der Waals surface area contributed by atoms with Crippen molar-refractivity contribution in [3.8, 4) is 11.8 Å². The highest BCUT2D eigenvalue weighted by molar-refractivity contribution is 6.01. The number of aryl methyl sites for hydroxylation is 1. The average molecular weight is 400 g/mol. The molecule has 0 fully saturated rings. The first-order valence-corrected chi connectivity index (χ1v) is 9.28. The van der Waals surface area contributed by atoms with Gasteiger partial charge in [0.05, 0.1) is 4.92 Å². The molecule has 1 amide bonds. The van der Waals surface area contributed by atoms with Crippen molar-refractivity contribution in [1.82, 2.24) is 9.88 Å². The van der Waals surface area contributed by atoms with Crippen molar-refractivity contribution in [2.45, 2.75) is 20.4 Å². The van der Waals surface area contributed by atoms with Gasteiger partial charge < -0.3 is 9.88 Å². The van der Waals surface area contributed by atoms with Crippen LogP contribution in [0.4, 0.5) is 5.69 Å². The van der Waals surface area contributed by atoms with Crippen molar-refractivity contribution in [3.63, 3.8) is 0 Å². The van der Waals surface area contributed by atoms with E-state index in [1.807, 2.05) is 60.9 Å². The van der Waals surface area contributed by atoms with E-state index in [-0.39, 0.29) is 11.3 Å². The maximum absolute atomic E-state index is 12.5. The number of hydrogen-bond acceptors (Lipinski definition) is 4. The lowest BCUT2D eigenvalue weighted by molar-refractivity contribution is -0.384. The van der Waals surface area contributed by atoms with Gasteiger partial charge in [-0.3, -0.25) is 14.9 Å². The van der Waals surface area contributed by atoms with Crippen LogP contribution in [0.1, 0.15) is 22.5 Å². The Bertz CT molecular complexity index is 1150. The number of aromatic nitrogens is 1. The molecule has 3 rings (SSSR count). The Kier molecular flexibility index (Phi) is 6.08. The molecule has 0 aliphatic carbocycles. The van der Waals surface area contributed by atoms with Gasteiger partial charge in [0.15, 0.2) is 0 Å². The van der Waals surface area contributed by atoms with Crippen LogP contribution in [0.5, 0.6) is 0 Å². The van der Waals surface area contributed by atoms with Crippen LogP contribution in [-0.4, -0.2) is 15.4 Å². The lowest BCUT2D eigenvalue weighted by Gasteiger charge is -2.09. The topological polar surface area (TPSA) is 101 Å². The van der Waals surface area contributed by atoms with E-state index < -0.39 is 10.8 Å². The van der Waals surface area contributed by atoms with Crippen molar-refractivity contribution in [2.75, 3.05) is 0 Å². The number of benzene rings is 2. The van der Waals surface area contributed by atoms with Crippen LogP contribution in [0.15, 0.2) is 66.2 Å². The van der Waals surface area contributed by atoms with E-state index in [1.165, 1.54) is 12.1 Å². The summed E-state index contributed by atoms with van der Waals surface area (Å²) in [4.78, 5) is 22.9. The van der Waals surface area contributed by atoms with Crippen LogP contribution in [0.25, 0.3) is 11.8 Å². The second kappa shape index (κ2) is 8.88. The van der Waals surface area contributed by atoms with E-state index in [4.69, 9.17) is 0 Å². The summed E-state index contributed by atoms with van der Waals surface area (Å²) in [6.45, 7) is 4.10. The van der Waals surface area contributed by atoms with E-state index in [0.29, 0.717) is 6.54 Å². The molecule has 1 aromatic heterocycles. The molecule has 2 aromatic carbocycles. The van der Waals surface area contributed by atoms with E-state index in [0.717, 1.165) is 28.2 Å². The molecule has 0 unspecified atom stereocenters. The average Bonchev–Trinajstić information content (AvgIpc) is 3.03. The van der Waals surface area contributed by atoms with Crippen molar-refractivity contribution in [2.24, 2.45) is 0 Å². The molecule has 0 aliphatic heterocycles. The fourth-order valence-electron chi connectivity index (χ4n) is 3.23. The Labute approximate surface area is 174 Å². The van der Waals surface area contributed by atoms with E-state index in [2.05, 4.69) is 5.32 Å². The van der Waals surface area contributed by atoms with Gasteiger partial charge in [0.25, 0.3) is 11.6 Å². The number of nitrogens with one attached hydrogen (secondary N) is 1. The van der Waals surface area contributed by atoms with Crippen LogP contribution in [0, 0.1) is 35.3 Å². The minimum Gasteiger partial charge on any atom is -0.347 e. The van der Waals surface area contributed by atoms with Gasteiger partial charge >= 0.3 is 0 Å². The number of carbonyl (C=O) groups is 1. The van der Waals surface area contributed by atoms with E-state index in [1.54, 1.807) is 18.2 Å². The second-order valence-corrected chi connectivity index (χ2v) is 6.77. The van der Waals surface area contributed by atoms with Crippen LogP contribution >= 0.6 is 0 Å². The highest BCUT2D eigenvalue weighted by atomic mass is 16.6. The van der Waals surface area contributed by atoms with E-state index >= 15 is 0 Å². The molecule has 0 bridgehead atoms. The number of nitro benzene ring substituents is 1. The summed E-state index contributed by atoms with van der Waals surface area (Å²) >= 11 is 0. The molecule has 7 heteroatoms. The first-order valence-electron chi connectivity index (χ1n) is 9.28. The van der Waals surface area contributed by atoms with Gasteiger partial charge in [-0.15, -0.1) is 0 Å². The molecule has 0 saturated heterocycles. The van der Waals surface area contributed by atoms with Gasteiger partial charge in [0.1, 0.15) is 11.6 Å². The molecule has 0 saturated carbocycles. The lowest BCUT2D eigenvalue weighted by Crippen LogP contribution is -2.23. The maximum Gasteiger partial charge on any atom is 0.269 e. The molecule has 3 aromatic rings. The molecule has 150 valence electrons. The first-order chi connectivity index (χ1) is 14.4. The minimum atomic E-state index is -0.444. The minimum absolute atomic E-state index is 0.00915. The zero-order valence-corrected chi connectivity index (χ0v) is 16.6. The summed E-state index contributed by atoms with van der Waals surface area (Å²) in [5.41, 5.74) is 4.18. The molecule has 0 spiro atoms. The van der Waals surface area contributed by atoms with Gasteiger partial charge in [-0.25, -0.2) is 0 Å². The molecule has 7 nitrogen and oxygen atoms in total. The van der Waals surface area contributed by atoms with E-state index in [9.17, 15) is 20.2 Å². The Morgan fingerprint density at radius 3 is 2.43 bits per heavy atom. The molecule has 0 radical (unpaired) electrons. The largest absolute Gasteiger partial charge is 0.347 e. The third-order valence-electron chi connectivity index (χ3n) is 4.75. The Balaban J connectivity index is 1.85. The van der Waals surface area contributed by atoms with Gasteiger partial charge in [-0.1, -0.05) is 30.3 Å². The Morgan fingerprint density at radius 1 is 1.17 bits per heavy atom. The third kappa shape index (κ3) is 4.45. The smallest absolute Gasteiger partial charge is 0.269 e. The highest BCUT2D eigenvalue weighted by Crippen LogP contribution is 2.24. The Morgan fingerprint density at radius 2 is 1.83 bits per heavy atom. The third-order valence-corrected chi connectivity index (χ3v) is 4.75. The zero-order valence-electron chi connectivity index (χ0n) is 16.6. The van der Waals surface area contributed by atoms with Crippen molar-refractivity contribution >= 4 is 17.7 Å². The molecule has 1 N–H and O–H groups in total. The van der Waals surface area contributed by atoms with Gasteiger partial charge in [0.2, 0.25) is 0 Å². The lowest BCUT2D eigenvalue weighted by atomic mass is 10.1.